The first-order chi connectivity index (χ1) is 13.0. The Labute approximate surface area is 159 Å². The van der Waals surface area contributed by atoms with E-state index >= 15 is 0 Å². The van der Waals surface area contributed by atoms with E-state index < -0.39 is 27.5 Å². The molecule has 1 aliphatic heterocycles. The van der Waals surface area contributed by atoms with E-state index in [0.717, 1.165) is 10.9 Å². The average molecular weight is 419 g/mol. The van der Waals surface area contributed by atoms with Crippen LogP contribution in [0.5, 0.6) is 0 Å². The minimum Gasteiger partial charge on any atom is -0.299 e. The Hall–Kier alpha value is -2.21. The van der Waals surface area contributed by atoms with E-state index in [2.05, 4.69) is 15.2 Å². The van der Waals surface area contributed by atoms with E-state index in [-0.39, 0.29) is 30.4 Å². The van der Waals surface area contributed by atoms with Crippen molar-refractivity contribution in [1.82, 2.24) is 24.1 Å². The minimum absolute atomic E-state index is 0.0331. The SMILES string of the molecule is Cc1n[nH]c(C)c1S(=O)(=O)N1CCC(Cn2cnc(C(F)(F)F)cc2=O)CC1. The van der Waals surface area contributed by atoms with Crippen LogP contribution in [0.4, 0.5) is 13.2 Å². The van der Waals surface area contributed by atoms with E-state index in [0.29, 0.717) is 30.3 Å². The highest BCUT2D eigenvalue weighted by molar-refractivity contribution is 7.89. The average Bonchev–Trinajstić information content (AvgIpc) is 2.95. The summed E-state index contributed by atoms with van der Waals surface area (Å²) in [6.07, 6.45) is -2.79. The molecule has 0 aliphatic carbocycles. The van der Waals surface area contributed by atoms with Gasteiger partial charge in [0.05, 0.1) is 17.7 Å². The number of hydrogen-bond acceptors (Lipinski definition) is 5. The zero-order valence-corrected chi connectivity index (χ0v) is 16.1. The summed E-state index contributed by atoms with van der Waals surface area (Å²) in [7, 11) is -3.67. The molecule has 0 aromatic carbocycles. The Kier molecular flexibility index (Phi) is 5.36. The summed E-state index contributed by atoms with van der Waals surface area (Å²) in [4.78, 5) is 15.4. The monoisotopic (exact) mass is 419 g/mol. The van der Waals surface area contributed by atoms with Gasteiger partial charge in [-0.2, -0.15) is 22.6 Å². The third kappa shape index (κ3) is 3.97. The van der Waals surface area contributed by atoms with Gasteiger partial charge in [-0.1, -0.05) is 0 Å². The van der Waals surface area contributed by atoms with E-state index in [9.17, 15) is 26.4 Å². The van der Waals surface area contributed by atoms with Crippen LogP contribution < -0.4 is 5.56 Å². The molecular weight excluding hydrogens is 399 g/mol. The van der Waals surface area contributed by atoms with Gasteiger partial charge in [-0.05, 0) is 32.6 Å². The van der Waals surface area contributed by atoms with Crippen LogP contribution in [0.3, 0.4) is 0 Å². The molecule has 1 aliphatic rings. The van der Waals surface area contributed by atoms with Gasteiger partial charge in [0.15, 0.2) is 5.69 Å². The molecule has 0 atom stereocenters. The fraction of sp³-hybridized carbons (Fsp3) is 0.562. The molecule has 12 heteroatoms. The number of H-pyrrole nitrogens is 1. The maximum Gasteiger partial charge on any atom is 0.433 e. The predicted molar refractivity (Wildman–Crippen MR) is 93.0 cm³/mol. The number of aryl methyl sites for hydroxylation is 2. The molecule has 2 aromatic heterocycles. The van der Waals surface area contributed by atoms with Crippen LogP contribution in [0.2, 0.25) is 0 Å². The number of aromatic amines is 1. The Balaban J connectivity index is 1.67. The highest BCUT2D eigenvalue weighted by Gasteiger charge is 2.34. The molecule has 1 N–H and O–H groups in total. The second-order valence-corrected chi connectivity index (χ2v) is 8.75. The van der Waals surface area contributed by atoms with Crippen molar-refractivity contribution in [2.75, 3.05) is 13.1 Å². The Morgan fingerprint density at radius 2 is 1.89 bits per heavy atom. The molecule has 2 aromatic rings. The van der Waals surface area contributed by atoms with Gasteiger partial charge in [0.1, 0.15) is 4.90 Å². The number of rotatable bonds is 4. The third-order valence-electron chi connectivity index (χ3n) is 4.86. The summed E-state index contributed by atoms with van der Waals surface area (Å²) in [5.74, 6) is -0.0331. The van der Waals surface area contributed by atoms with Crippen molar-refractivity contribution >= 4 is 10.0 Å². The fourth-order valence-corrected chi connectivity index (χ4v) is 5.18. The van der Waals surface area contributed by atoms with Crippen molar-refractivity contribution in [2.45, 2.75) is 44.3 Å². The van der Waals surface area contributed by atoms with Crippen LogP contribution >= 0.6 is 0 Å². The second kappa shape index (κ2) is 7.32. The Morgan fingerprint density at radius 3 is 2.39 bits per heavy atom. The molecule has 0 radical (unpaired) electrons. The van der Waals surface area contributed by atoms with Crippen LogP contribution in [0.25, 0.3) is 0 Å². The van der Waals surface area contributed by atoms with Crippen molar-refractivity contribution in [3.63, 3.8) is 0 Å². The van der Waals surface area contributed by atoms with E-state index in [1.165, 1.54) is 4.31 Å². The first-order valence-corrected chi connectivity index (χ1v) is 10.1. The molecule has 0 amide bonds. The van der Waals surface area contributed by atoms with E-state index in [1.807, 2.05) is 0 Å². The van der Waals surface area contributed by atoms with Crippen LogP contribution in [0, 0.1) is 19.8 Å². The highest BCUT2D eigenvalue weighted by atomic mass is 32.2. The van der Waals surface area contributed by atoms with Gasteiger partial charge in [-0.3, -0.25) is 14.5 Å². The van der Waals surface area contributed by atoms with Crippen molar-refractivity contribution in [3.8, 4) is 0 Å². The molecular formula is C16H20F3N5O3S. The zero-order valence-electron chi connectivity index (χ0n) is 15.3. The number of alkyl halides is 3. The summed E-state index contributed by atoms with van der Waals surface area (Å²) >= 11 is 0. The van der Waals surface area contributed by atoms with Gasteiger partial charge in [0.25, 0.3) is 5.56 Å². The van der Waals surface area contributed by atoms with Crippen LogP contribution in [0.1, 0.15) is 29.9 Å². The molecule has 3 heterocycles. The lowest BCUT2D eigenvalue weighted by molar-refractivity contribution is -0.141. The van der Waals surface area contributed by atoms with Crippen LogP contribution in [-0.2, 0) is 22.7 Å². The van der Waals surface area contributed by atoms with Crippen molar-refractivity contribution in [1.29, 1.82) is 0 Å². The number of nitrogens with zero attached hydrogens (tertiary/aromatic N) is 4. The molecule has 1 fully saturated rings. The zero-order chi connectivity index (χ0) is 20.7. The molecule has 0 saturated carbocycles. The first kappa shape index (κ1) is 20.5. The molecule has 8 nitrogen and oxygen atoms in total. The fourth-order valence-electron chi connectivity index (χ4n) is 3.38. The second-order valence-electron chi connectivity index (χ2n) is 6.87. The van der Waals surface area contributed by atoms with Gasteiger partial charge in [0, 0.05) is 25.7 Å². The van der Waals surface area contributed by atoms with Gasteiger partial charge in [-0.25, -0.2) is 13.4 Å². The molecule has 0 unspecified atom stereocenters. The number of halogens is 3. The quantitative estimate of drug-likeness (QED) is 0.813. The molecule has 28 heavy (non-hydrogen) atoms. The summed E-state index contributed by atoms with van der Waals surface area (Å²) in [6, 6.07) is 0.476. The van der Waals surface area contributed by atoms with Gasteiger partial charge in [0.2, 0.25) is 10.0 Å². The lowest BCUT2D eigenvalue weighted by atomic mass is 9.98. The molecule has 0 bridgehead atoms. The number of aromatic nitrogens is 4. The standard InChI is InChI=1S/C16H20F3N5O3S/c1-10-15(11(2)22-21-10)28(26,27)24-5-3-12(4-6-24)8-23-9-20-13(7-14(23)25)16(17,18)19/h7,9,12H,3-6,8H2,1-2H3,(H,21,22). The van der Waals surface area contributed by atoms with Crippen LogP contribution in [-0.4, -0.2) is 45.6 Å². The maximum absolute atomic E-state index is 12.8. The maximum atomic E-state index is 12.8. The Bertz CT molecular complexity index is 1000. The normalized spacial score (nSPS) is 17.2. The molecule has 154 valence electrons. The van der Waals surface area contributed by atoms with Crippen molar-refractivity contribution in [3.05, 3.63) is 39.8 Å². The lowest BCUT2D eigenvalue weighted by Crippen LogP contribution is -2.40. The Morgan fingerprint density at radius 1 is 1.25 bits per heavy atom. The third-order valence-corrected chi connectivity index (χ3v) is 7.02. The highest BCUT2D eigenvalue weighted by Crippen LogP contribution is 2.28. The van der Waals surface area contributed by atoms with Gasteiger partial charge < -0.3 is 0 Å². The lowest BCUT2D eigenvalue weighted by Gasteiger charge is -2.31. The predicted octanol–water partition coefficient (Wildman–Crippen LogP) is 1.70. The number of nitrogens with one attached hydrogen (secondary N) is 1. The molecule has 1 saturated heterocycles. The summed E-state index contributed by atoms with van der Waals surface area (Å²) < 4.78 is 66.0. The smallest absolute Gasteiger partial charge is 0.299 e. The van der Waals surface area contributed by atoms with E-state index in [1.54, 1.807) is 13.8 Å². The van der Waals surface area contributed by atoms with Crippen molar-refractivity contribution in [2.24, 2.45) is 5.92 Å². The topological polar surface area (TPSA) is 101 Å². The minimum atomic E-state index is -4.67. The van der Waals surface area contributed by atoms with Gasteiger partial charge in [-0.15, -0.1) is 0 Å². The molecule has 0 spiro atoms. The number of sulfonamides is 1. The van der Waals surface area contributed by atoms with Crippen LogP contribution in [0.15, 0.2) is 22.1 Å². The summed E-state index contributed by atoms with van der Waals surface area (Å²) in [5, 5.41) is 6.59. The largest absolute Gasteiger partial charge is 0.433 e. The number of piperidine rings is 1. The summed E-state index contributed by atoms with van der Waals surface area (Å²) in [6.45, 7) is 3.98. The van der Waals surface area contributed by atoms with Crippen molar-refractivity contribution < 1.29 is 21.6 Å². The first-order valence-electron chi connectivity index (χ1n) is 8.65. The number of hydrogen-bond donors (Lipinski definition) is 1. The summed E-state index contributed by atoms with van der Waals surface area (Å²) in [5.41, 5.74) is -1.12. The van der Waals surface area contributed by atoms with E-state index in [4.69, 9.17) is 0 Å². The molecule has 3 rings (SSSR count). The van der Waals surface area contributed by atoms with Gasteiger partial charge >= 0.3 is 6.18 Å².